The highest BCUT2D eigenvalue weighted by molar-refractivity contribution is 6.16. The third-order valence-electron chi connectivity index (χ3n) is 5.43. The first kappa shape index (κ1) is 21.9. The molecule has 1 atom stereocenters. The number of hydrogen-bond donors (Lipinski definition) is 4. The van der Waals surface area contributed by atoms with Crippen LogP contribution in [0.15, 0.2) is 48.9 Å². The number of hydrogen-bond acceptors (Lipinski definition) is 9. The highest BCUT2D eigenvalue weighted by atomic mass is 16.1. The van der Waals surface area contributed by atoms with Crippen molar-refractivity contribution in [2.75, 3.05) is 36.5 Å². The molecule has 3 aromatic rings. The monoisotopic (exact) mass is 441 g/mol. The Hall–Kier alpha value is -4.36. The van der Waals surface area contributed by atoms with E-state index >= 15 is 0 Å². The van der Waals surface area contributed by atoms with Gasteiger partial charge in [-0.25, -0.2) is 15.0 Å². The van der Waals surface area contributed by atoms with Gasteiger partial charge in [-0.15, -0.1) is 0 Å². The molecular formula is C23H23N9O. The van der Waals surface area contributed by atoms with Gasteiger partial charge in [-0.05, 0) is 44.3 Å². The first-order valence-electron chi connectivity index (χ1n) is 10.4. The molecule has 10 heteroatoms. The number of nitrogens with two attached hydrogens (primary N) is 1. The number of benzene rings is 1. The van der Waals surface area contributed by atoms with E-state index in [-0.39, 0.29) is 23.5 Å². The summed E-state index contributed by atoms with van der Waals surface area (Å²) in [5.74, 6) is 0.663. The van der Waals surface area contributed by atoms with Crippen LogP contribution in [0.2, 0.25) is 0 Å². The lowest BCUT2D eigenvalue weighted by atomic mass is 10.0. The zero-order valence-corrected chi connectivity index (χ0v) is 18.0. The highest BCUT2D eigenvalue weighted by Crippen LogP contribution is 2.24. The average molecular weight is 441 g/mol. The maximum Gasteiger partial charge on any atom is 0.256 e. The number of amides is 1. The molecule has 0 spiro atoms. The number of carbonyl (C=O) groups is 1. The van der Waals surface area contributed by atoms with Gasteiger partial charge >= 0.3 is 0 Å². The zero-order chi connectivity index (χ0) is 23.4. The average Bonchev–Trinajstić information content (AvgIpc) is 3.23. The predicted molar refractivity (Wildman–Crippen MR) is 125 cm³/mol. The second kappa shape index (κ2) is 9.42. The largest absolute Gasteiger partial charge is 0.383 e. The summed E-state index contributed by atoms with van der Waals surface area (Å²) in [7, 11) is 2.06. The van der Waals surface area contributed by atoms with Crippen LogP contribution in [0.3, 0.4) is 0 Å². The second-order valence-corrected chi connectivity index (χ2v) is 7.82. The van der Waals surface area contributed by atoms with E-state index in [1.165, 1.54) is 18.6 Å². The Balaban J connectivity index is 1.51. The quantitative estimate of drug-likeness (QED) is 0.424. The summed E-state index contributed by atoms with van der Waals surface area (Å²) in [6.07, 6.45) is 3.82. The molecule has 3 heterocycles. The third kappa shape index (κ3) is 4.94. The van der Waals surface area contributed by atoms with Crippen molar-refractivity contribution in [1.29, 1.82) is 10.7 Å². The maximum absolute atomic E-state index is 12.6. The van der Waals surface area contributed by atoms with Crippen molar-refractivity contribution in [3.05, 3.63) is 71.2 Å². The molecule has 1 fully saturated rings. The van der Waals surface area contributed by atoms with Crippen molar-refractivity contribution < 1.29 is 4.79 Å². The SMILES string of the molecule is CN1CCC(Nc2ncnc(N)c2C(=N)c2ccc(C(=O)Nc3cc(C#N)ccn3)cc2)C1. The van der Waals surface area contributed by atoms with E-state index in [4.69, 9.17) is 16.4 Å². The van der Waals surface area contributed by atoms with Crippen LogP contribution in [0.5, 0.6) is 0 Å². The van der Waals surface area contributed by atoms with Gasteiger partial charge in [0, 0.05) is 29.9 Å². The molecular weight excluding hydrogens is 418 g/mol. The number of likely N-dealkylation sites (N-methyl/N-ethyl adjacent to an activating group) is 1. The number of carbonyl (C=O) groups excluding carboxylic acids is 1. The molecule has 0 aliphatic carbocycles. The van der Waals surface area contributed by atoms with E-state index in [1.807, 2.05) is 6.07 Å². The molecule has 4 rings (SSSR count). The van der Waals surface area contributed by atoms with E-state index in [9.17, 15) is 4.79 Å². The smallest absolute Gasteiger partial charge is 0.256 e. The van der Waals surface area contributed by atoms with E-state index < -0.39 is 0 Å². The molecule has 0 radical (unpaired) electrons. The molecule has 0 saturated carbocycles. The van der Waals surface area contributed by atoms with Gasteiger partial charge in [-0.1, -0.05) is 12.1 Å². The van der Waals surface area contributed by atoms with Gasteiger partial charge in [0.15, 0.2) is 0 Å². The molecule has 5 N–H and O–H groups in total. The number of anilines is 3. The molecule has 1 aromatic carbocycles. The Bertz CT molecular complexity index is 1230. The number of nitrogens with zero attached hydrogens (tertiary/aromatic N) is 5. The van der Waals surface area contributed by atoms with E-state index in [0.717, 1.165) is 19.5 Å². The summed E-state index contributed by atoms with van der Waals surface area (Å²) >= 11 is 0. The molecule has 0 bridgehead atoms. The van der Waals surface area contributed by atoms with Gasteiger partial charge in [-0.2, -0.15) is 5.26 Å². The predicted octanol–water partition coefficient (Wildman–Crippen LogP) is 2.11. The molecule has 1 aliphatic heterocycles. The zero-order valence-electron chi connectivity index (χ0n) is 18.0. The summed E-state index contributed by atoms with van der Waals surface area (Å²) in [6.45, 7) is 1.87. The number of aromatic nitrogens is 3. The van der Waals surface area contributed by atoms with Gasteiger partial charge in [0.1, 0.15) is 23.8 Å². The fourth-order valence-electron chi connectivity index (χ4n) is 3.69. The van der Waals surface area contributed by atoms with E-state index in [1.54, 1.807) is 30.3 Å². The van der Waals surface area contributed by atoms with Crippen molar-refractivity contribution in [3.8, 4) is 6.07 Å². The van der Waals surface area contributed by atoms with Crippen molar-refractivity contribution >= 4 is 29.1 Å². The van der Waals surface area contributed by atoms with Crippen molar-refractivity contribution in [3.63, 3.8) is 0 Å². The van der Waals surface area contributed by atoms with Crippen LogP contribution in [-0.2, 0) is 0 Å². The molecule has 1 aliphatic rings. The number of nitrogens with one attached hydrogen (secondary N) is 3. The Morgan fingerprint density at radius 2 is 1.97 bits per heavy atom. The van der Waals surface area contributed by atoms with Crippen molar-refractivity contribution in [1.82, 2.24) is 19.9 Å². The van der Waals surface area contributed by atoms with Gasteiger partial charge in [0.2, 0.25) is 0 Å². The summed E-state index contributed by atoms with van der Waals surface area (Å²) in [5.41, 5.74) is 8.07. The standard InChI is InChI=1S/C23H23N9O/c1-32-9-7-17(12-32)30-22-19(21(26)28-13-29-22)20(25)15-2-4-16(5-3-15)23(33)31-18-10-14(11-24)6-8-27-18/h2-6,8,10,13,17,25H,7,9,12H2,1H3,(H,27,31,33)(H3,26,28,29,30). The molecule has 33 heavy (non-hydrogen) atoms. The fraction of sp³-hybridized carbons (Fsp3) is 0.217. The van der Waals surface area contributed by atoms with Crippen LogP contribution < -0.4 is 16.4 Å². The number of rotatable bonds is 6. The minimum Gasteiger partial charge on any atom is -0.383 e. The molecule has 1 amide bonds. The lowest BCUT2D eigenvalue weighted by molar-refractivity contribution is 0.102. The molecule has 2 aromatic heterocycles. The maximum atomic E-state index is 12.6. The van der Waals surface area contributed by atoms with Gasteiger partial charge in [0.25, 0.3) is 5.91 Å². The number of nitriles is 1. The fourth-order valence-corrected chi connectivity index (χ4v) is 3.69. The first-order valence-corrected chi connectivity index (χ1v) is 10.4. The van der Waals surface area contributed by atoms with Gasteiger partial charge in [-0.3, -0.25) is 10.2 Å². The second-order valence-electron chi connectivity index (χ2n) is 7.82. The summed E-state index contributed by atoms with van der Waals surface area (Å²) in [6, 6.07) is 11.9. The lowest BCUT2D eigenvalue weighted by Gasteiger charge is -2.18. The minimum atomic E-state index is -0.370. The summed E-state index contributed by atoms with van der Waals surface area (Å²) in [4.78, 5) is 27.2. The molecule has 10 nitrogen and oxygen atoms in total. The lowest BCUT2D eigenvalue weighted by Crippen LogP contribution is -2.26. The molecule has 1 unspecified atom stereocenters. The van der Waals surface area contributed by atoms with Crippen LogP contribution in [0, 0.1) is 16.7 Å². The van der Waals surface area contributed by atoms with Crippen LogP contribution in [0.1, 0.15) is 33.5 Å². The van der Waals surface area contributed by atoms with E-state index in [2.05, 4.69) is 37.5 Å². The van der Waals surface area contributed by atoms with Gasteiger partial charge in [0.05, 0.1) is 22.9 Å². The minimum absolute atomic E-state index is 0.164. The van der Waals surface area contributed by atoms with Crippen LogP contribution in [-0.4, -0.2) is 57.6 Å². The molecule has 166 valence electrons. The van der Waals surface area contributed by atoms with Gasteiger partial charge < -0.3 is 21.3 Å². The highest BCUT2D eigenvalue weighted by Gasteiger charge is 2.23. The van der Waals surface area contributed by atoms with Crippen LogP contribution >= 0.6 is 0 Å². The Morgan fingerprint density at radius 3 is 2.67 bits per heavy atom. The van der Waals surface area contributed by atoms with E-state index in [0.29, 0.717) is 33.9 Å². The number of nitrogen functional groups attached to an aromatic ring is 1. The Morgan fingerprint density at radius 1 is 1.21 bits per heavy atom. The van der Waals surface area contributed by atoms with Crippen molar-refractivity contribution in [2.24, 2.45) is 0 Å². The number of pyridine rings is 1. The van der Waals surface area contributed by atoms with Crippen LogP contribution in [0.25, 0.3) is 0 Å². The normalized spacial score (nSPS) is 15.6. The third-order valence-corrected chi connectivity index (χ3v) is 5.43. The number of likely N-dealkylation sites (tertiary alicyclic amines) is 1. The topological polar surface area (TPSA) is 157 Å². The van der Waals surface area contributed by atoms with Crippen LogP contribution in [0.4, 0.5) is 17.5 Å². The summed E-state index contributed by atoms with van der Waals surface area (Å²) in [5, 5.41) is 23.8. The molecule has 1 saturated heterocycles. The first-order chi connectivity index (χ1) is 15.9. The summed E-state index contributed by atoms with van der Waals surface area (Å²) < 4.78 is 0. The Kier molecular flexibility index (Phi) is 6.24. The Labute approximate surface area is 191 Å². The van der Waals surface area contributed by atoms with Crippen molar-refractivity contribution in [2.45, 2.75) is 12.5 Å².